The summed E-state index contributed by atoms with van der Waals surface area (Å²) in [6.07, 6.45) is 3.08. The molecule has 0 fully saturated rings. The average molecular weight is 238 g/mol. The quantitative estimate of drug-likeness (QED) is 0.313. The van der Waals surface area contributed by atoms with Crippen LogP contribution in [-0.4, -0.2) is 60.1 Å². The van der Waals surface area contributed by atoms with Crippen LogP contribution >= 0.6 is 0 Å². The van der Waals surface area contributed by atoms with Crippen molar-refractivity contribution in [1.29, 1.82) is 0 Å². The molecule has 0 saturated heterocycles. The fourth-order valence-corrected chi connectivity index (χ4v) is 1.17. The van der Waals surface area contributed by atoms with Crippen molar-refractivity contribution in [3.8, 4) is 0 Å². The number of aromatic nitrogens is 2. The van der Waals surface area contributed by atoms with Crippen molar-refractivity contribution in [2.45, 2.75) is 0 Å². The number of rotatable bonds is 5. The minimum absolute atomic E-state index is 0.0417. The molecule has 7 nitrogen and oxygen atoms in total. The lowest BCUT2D eigenvalue weighted by Crippen LogP contribution is -2.29. The van der Waals surface area contributed by atoms with Gasteiger partial charge in [0.1, 0.15) is 11.5 Å². The number of hydrogen-bond acceptors (Lipinski definition) is 6. The van der Waals surface area contributed by atoms with Gasteiger partial charge in [-0.1, -0.05) is 5.16 Å². The molecule has 0 unspecified atom stereocenters. The van der Waals surface area contributed by atoms with E-state index in [-0.39, 0.29) is 5.84 Å². The van der Waals surface area contributed by atoms with E-state index in [4.69, 9.17) is 10.9 Å². The van der Waals surface area contributed by atoms with Gasteiger partial charge >= 0.3 is 0 Å². The van der Waals surface area contributed by atoms with Crippen LogP contribution in [0.5, 0.6) is 0 Å². The van der Waals surface area contributed by atoms with Crippen LogP contribution < -0.4 is 10.6 Å². The molecule has 3 N–H and O–H groups in total. The first kappa shape index (κ1) is 13.2. The third-order valence-corrected chi connectivity index (χ3v) is 2.28. The Morgan fingerprint density at radius 3 is 2.47 bits per heavy atom. The summed E-state index contributed by atoms with van der Waals surface area (Å²) in [5.41, 5.74) is 5.75. The smallest absolute Gasteiger partial charge is 0.190 e. The lowest BCUT2D eigenvalue weighted by atomic mass is 10.4. The van der Waals surface area contributed by atoms with Gasteiger partial charge in [-0.15, -0.1) is 0 Å². The van der Waals surface area contributed by atoms with Crippen LogP contribution in [0.15, 0.2) is 17.5 Å². The van der Waals surface area contributed by atoms with Gasteiger partial charge in [0.05, 0.1) is 12.4 Å². The number of anilines is 1. The fraction of sp³-hybridized carbons (Fsp3) is 0.500. The Morgan fingerprint density at radius 2 is 2.00 bits per heavy atom. The molecule has 0 atom stereocenters. The summed E-state index contributed by atoms with van der Waals surface area (Å²) in [6.45, 7) is 1.78. The van der Waals surface area contributed by atoms with E-state index >= 15 is 0 Å². The zero-order valence-corrected chi connectivity index (χ0v) is 10.3. The van der Waals surface area contributed by atoms with Gasteiger partial charge < -0.3 is 20.7 Å². The number of amidine groups is 1. The highest BCUT2D eigenvalue weighted by atomic mass is 16.4. The third-order valence-electron chi connectivity index (χ3n) is 2.28. The number of hydrogen-bond donors (Lipinski definition) is 2. The molecule has 1 heterocycles. The van der Waals surface area contributed by atoms with E-state index in [1.165, 1.54) is 6.20 Å². The maximum Gasteiger partial charge on any atom is 0.190 e. The van der Waals surface area contributed by atoms with Crippen molar-refractivity contribution < 1.29 is 5.21 Å². The maximum absolute atomic E-state index is 8.49. The first-order valence-electron chi connectivity index (χ1n) is 5.20. The Balaban J connectivity index is 2.67. The van der Waals surface area contributed by atoms with Crippen molar-refractivity contribution in [2.24, 2.45) is 10.9 Å². The van der Waals surface area contributed by atoms with Crippen LogP contribution in [0.2, 0.25) is 0 Å². The molecule has 0 radical (unpaired) electrons. The number of nitrogens with two attached hydrogens (primary N) is 1. The topological polar surface area (TPSA) is 90.9 Å². The maximum atomic E-state index is 8.49. The summed E-state index contributed by atoms with van der Waals surface area (Å²) < 4.78 is 0. The van der Waals surface area contributed by atoms with E-state index in [9.17, 15) is 0 Å². The first-order valence-corrected chi connectivity index (χ1v) is 5.20. The molecular formula is C10H18N6O. The molecule has 0 amide bonds. The SMILES string of the molecule is CN(C)CCN(C)c1cnc(C(N)=NO)cn1. The molecule has 7 heteroatoms. The largest absolute Gasteiger partial charge is 0.409 e. The van der Waals surface area contributed by atoms with Gasteiger partial charge in [0.25, 0.3) is 0 Å². The second-order valence-corrected chi connectivity index (χ2v) is 3.97. The molecule has 1 aromatic heterocycles. The summed E-state index contributed by atoms with van der Waals surface area (Å²) in [4.78, 5) is 12.3. The van der Waals surface area contributed by atoms with E-state index in [1.54, 1.807) is 6.20 Å². The summed E-state index contributed by atoms with van der Waals surface area (Å²) in [5, 5.41) is 11.4. The second kappa shape index (κ2) is 6.00. The molecule has 1 aromatic rings. The minimum atomic E-state index is -0.0417. The van der Waals surface area contributed by atoms with Gasteiger partial charge in [0, 0.05) is 20.1 Å². The van der Waals surface area contributed by atoms with E-state index in [0.29, 0.717) is 5.69 Å². The standard InChI is InChI=1S/C10H18N6O/c1-15(2)4-5-16(3)9-7-12-8(6-13-9)10(11)14-17/h6-7,17H,4-5H2,1-3H3,(H2,11,14). The van der Waals surface area contributed by atoms with Crippen LogP contribution in [-0.2, 0) is 0 Å². The minimum Gasteiger partial charge on any atom is -0.409 e. The van der Waals surface area contributed by atoms with Crippen molar-refractivity contribution >= 4 is 11.7 Å². The summed E-state index contributed by atoms with van der Waals surface area (Å²) in [5.74, 6) is 0.710. The molecular weight excluding hydrogens is 220 g/mol. The number of nitrogens with zero attached hydrogens (tertiary/aromatic N) is 5. The fourth-order valence-electron chi connectivity index (χ4n) is 1.17. The number of oxime groups is 1. The zero-order chi connectivity index (χ0) is 12.8. The van der Waals surface area contributed by atoms with Gasteiger partial charge in [-0.3, -0.25) is 0 Å². The Hall–Kier alpha value is -1.89. The summed E-state index contributed by atoms with van der Waals surface area (Å²) in [7, 11) is 5.97. The average Bonchev–Trinajstić information content (AvgIpc) is 2.35. The molecule has 0 aliphatic rings. The van der Waals surface area contributed by atoms with Crippen LogP contribution in [0.4, 0.5) is 5.82 Å². The van der Waals surface area contributed by atoms with Crippen LogP contribution in [0.3, 0.4) is 0 Å². The molecule has 0 aromatic carbocycles. The van der Waals surface area contributed by atoms with Gasteiger partial charge in [0.15, 0.2) is 5.84 Å². The molecule has 94 valence electrons. The lowest BCUT2D eigenvalue weighted by molar-refractivity contribution is 0.318. The summed E-state index contributed by atoms with van der Waals surface area (Å²) >= 11 is 0. The normalized spacial score (nSPS) is 11.9. The highest BCUT2D eigenvalue weighted by molar-refractivity contribution is 5.94. The van der Waals surface area contributed by atoms with Crippen molar-refractivity contribution in [2.75, 3.05) is 39.1 Å². The highest BCUT2D eigenvalue weighted by Crippen LogP contribution is 2.06. The molecule has 0 saturated carbocycles. The molecule has 0 bridgehead atoms. The predicted octanol–water partition coefficient (Wildman–Crippen LogP) is -0.431. The van der Waals surface area contributed by atoms with E-state index in [1.807, 2.05) is 26.0 Å². The Morgan fingerprint density at radius 1 is 1.29 bits per heavy atom. The first-order chi connectivity index (χ1) is 8.04. The third kappa shape index (κ3) is 3.87. The van der Waals surface area contributed by atoms with Crippen LogP contribution in [0.1, 0.15) is 5.69 Å². The summed E-state index contributed by atoms with van der Waals surface area (Å²) in [6, 6.07) is 0. The predicted molar refractivity (Wildman–Crippen MR) is 66.4 cm³/mol. The van der Waals surface area contributed by atoms with E-state index < -0.39 is 0 Å². The molecule has 1 rings (SSSR count). The van der Waals surface area contributed by atoms with Gasteiger partial charge in [-0.05, 0) is 14.1 Å². The second-order valence-electron chi connectivity index (χ2n) is 3.97. The Labute approximate surface area is 101 Å². The molecule has 0 aliphatic carbocycles. The molecule has 0 aliphatic heterocycles. The Bertz CT molecular complexity index is 375. The zero-order valence-electron chi connectivity index (χ0n) is 10.3. The molecule has 17 heavy (non-hydrogen) atoms. The molecule has 0 spiro atoms. The van der Waals surface area contributed by atoms with E-state index in [0.717, 1.165) is 18.9 Å². The lowest BCUT2D eigenvalue weighted by Gasteiger charge is -2.20. The van der Waals surface area contributed by atoms with Crippen LogP contribution in [0.25, 0.3) is 0 Å². The van der Waals surface area contributed by atoms with Crippen molar-refractivity contribution in [1.82, 2.24) is 14.9 Å². The van der Waals surface area contributed by atoms with Gasteiger partial charge in [-0.2, -0.15) is 0 Å². The van der Waals surface area contributed by atoms with Gasteiger partial charge in [-0.25, -0.2) is 9.97 Å². The van der Waals surface area contributed by atoms with Crippen LogP contribution in [0, 0.1) is 0 Å². The highest BCUT2D eigenvalue weighted by Gasteiger charge is 2.05. The van der Waals surface area contributed by atoms with E-state index in [2.05, 4.69) is 20.0 Å². The van der Waals surface area contributed by atoms with Crippen molar-refractivity contribution in [3.63, 3.8) is 0 Å². The van der Waals surface area contributed by atoms with Crippen molar-refractivity contribution in [3.05, 3.63) is 18.1 Å². The van der Waals surface area contributed by atoms with Gasteiger partial charge in [0.2, 0.25) is 0 Å². The Kier molecular flexibility index (Phi) is 4.65. The monoisotopic (exact) mass is 238 g/mol. The number of likely N-dealkylation sites (N-methyl/N-ethyl adjacent to an activating group) is 2.